The number of benzene rings is 1. The Kier molecular flexibility index (Phi) is 4.91. The molecule has 0 saturated carbocycles. The van der Waals surface area contributed by atoms with Gasteiger partial charge in [-0.3, -0.25) is 0 Å². The minimum atomic E-state index is -0.539. The van der Waals surface area contributed by atoms with Crippen LogP contribution in [0, 0.1) is 12.7 Å². The Balaban J connectivity index is 2.42. The Bertz CT molecular complexity index is 673. The van der Waals surface area contributed by atoms with Crippen molar-refractivity contribution in [2.24, 2.45) is 12.8 Å². The second-order valence-electron chi connectivity index (χ2n) is 4.97. The minimum Gasteiger partial charge on any atom is -0.438 e. The highest BCUT2D eigenvalue weighted by atomic mass is 79.9. The van der Waals surface area contributed by atoms with Crippen molar-refractivity contribution in [2.45, 2.75) is 26.3 Å². The van der Waals surface area contributed by atoms with Crippen LogP contribution in [0.25, 0.3) is 0 Å². The number of rotatable bonds is 4. The first-order chi connectivity index (χ1) is 9.79. The van der Waals surface area contributed by atoms with Gasteiger partial charge in [0.15, 0.2) is 0 Å². The summed E-state index contributed by atoms with van der Waals surface area (Å²) in [7, 11) is 1.77. The average molecular weight is 377 g/mol. The Hall–Kier alpha value is -1.11. The van der Waals surface area contributed by atoms with E-state index >= 15 is 0 Å². The first kappa shape index (κ1) is 16.3. The smallest absolute Gasteiger partial charge is 0.221 e. The molecule has 0 saturated heterocycles. The number of halogens is 3. The van der Waals surface area contributed by atoms with E-state index in [9.17, 15) is 4.39 Å². The topological polar surface area (TPSA) is 53.1 Å². The molecule has 7 heteroatoms. The Morgan fingerprint density at radius 2 is 2.19 bits per heavy atom. The first-order valence-electron chi connectivity index (χ1n) is 6.40. The predicted octanol–water partition coefficient (Wildman–Crippen LogP) is 3.97. The van der Waals surface area contributed by atoms with E-state index in [1.807, 2.05) is 13.8 Å². The lowest BCUT2D eigenvalue weighted by Gasteiger charge is -2.12. The third-order valence-electron chi connectivity index (χ3n) is 3.00. The van der Waals surface area contributed by atoms with Gasteiger partial charge in [0.25, 0.3) is 0 Å². The van der Waals surface area contributed by atoms with Crippen molar-refractivity contribution in [2.75, 3.05) is 0 Å². The molecule has 114 valence electrons. The van der Waals surface area contributed by atoms with Crippen LogP contribution in [0.2, 0.25) is 5.02 Å². The molecule has 1 atom stereocenters. The Morgan fingerprint density at radius 3 is 2.81 bits per heavy atom. The average Bonchev–Trinajstić information content (AvgIpc) is 2.62. The van der Waals surface area contributed by atoms with E-state index in [1.54, 1.807) is 11.7 Å². The monoisotopic (exact) mass is 375 g/mol. The van der Waals surface area contributed by atoms with Crippen LogP contribution >= 0.6 is 27.5 Å². The maximum atomic E-state index is 13.6. The fraction of sp³-hybridized carbons (Fsp3) is 0.357. The summed E-state index contributed by atoms with van der Waals surface area (Å²) in [6.07, 6.45) is 0.628. The van der Waals surface area contributed by atoms with Gasteiger partial charge in [0.05, 0.1) is 15.2 Å². The SMILES string of the molecule is Cc1nn(C)c(Oc2cc(F)c(Cl)cc2Br)c1CC(C)N. The van der Waals surface area contributed by atoms with Gasteiger partial charge in [-0.1, -0.05) is 11.6 Å². The summed E-state index contributed by atoms with van der Waals surface area (Å²) in [4.78, 5) is 0. The third kappa shape index (κ3) is 3.56. The summed E-state index contributed by atoms with van der Waals surface area (Å²) in [5.41, 5.74) is 7.61. The summed E-state index contributed by atoms with van der Waals surface area (Å²) in [6.45, 7) is 3.80. The van der Waals surface area contributed by atoms with Crippen LogP contribution in [0.4, 0.5) is 4.39 Å². The second-order valence-corrected chi connectivity index (χ2v) is 6.23. The van der Waals surface area contributed by atoms with Crippen molar-refractivity contribution in [1.82, 2.24) is 9.78 Å². The lowest BCUT2D eigenvalue weighted by molar-refractivity contribution is 0.419. The summed E-state index contributed by atoms with van der Waals surface area (Å²) in [6, 6.07) is 2.67. The fourth-order valence-electron chi connectivity index (χ4n) is 2.05. The van der Waals surface area contributed by atoms with E-state index in [1.165, 1.54) is 12.1 Å². The molecule has 2 rings (SSSR count). The third-order valence-corrected chi connectivity index (χ3v) is 3.91. The molecule has 0 fully saturated rings. The van der Waals surface area contributed by atoms with E-state index in [4.69, 9.17) is 22.1 Å². The predicted molar refractivity (Wildman–Crippen MR) is 84.5 cm³/mol. The minimum absolute atomic E-state index is 0.0272. The molecule has 1 heterocycles. The summed E-state index contributed by atoms with van der Waals surface area (Å²) in [5.74, 6) is 0.348. The van der Waals surface area contributed by atoms with Crippen LogP contribution in [-0.4, -0.2) is 15.8 Å². The molecule has 21 heavy (non-hydrogen) atoms. The molecule has 0 aliphatic carbocycles. The zero-order chi connectivity index (χ0) is 15.7. The van der Waals surface area contributed by atoms with Gasteiger partial charge in [-0.2, -0.15) is 5.10 Å². The molecular formula is C14H16BrClFN3O. The zero-order valence-corrected chi connectivity index (χ0v) is 14.3. The fourth-order valence-corrected chi connectivity index (χ4v) is 2.77. The molecule has 0 bridgehead atoms. The maximum absolute atomic E-state index is 13.6. The highest BCUT2D eigenvalue weighted by molar-refractivity contribution is 9.10. The number of aromatic nitrogens is 2. The van der Waals surface area contributed by atoms with E-state index in [-0.39, 0.29) is 11.1 Å². The number of hydrogen-bond donors (Lipinski definition) is 1. The molecule has 0 amide bonds. The number of nitrogens with zero attached hydrogens (tertiary/aromatic N) is 2. The van der Waals surface area contributed by atoms with Crippen molar-refractivity contribution >= 4 is 27.5 Å². The Morgan fingerprint density at radius 1 is 1.52 bits per heavy atom. The van der Waals surface area contributed by atoms with Crippen LogP contribution in [0.1, 0.15) is 18.2 Å². The molecule has 0 spiro atoms. The molecule has 0 radical (unpaired) electrons. The van der Waals surface area contributed by atoms with E-state index in [2.05, 4.69) is 21.0 Å². The number of hydrogen-bond acceptors (Lipinski definition) is 3. The molecular weight excluding hydrogens is 361 g/mol. The van der Waals surface area contributed by atoms with E-state index < -0.39 is 5.82 Å². The lowest BCUT2D eigenvalue weighted by atomic mass is 10.1. The normalized spacial score (nSPS) is 12.5. The first-order valence-corrected chi connectivity index (χ1v) is 7.57. The van der Waals surface area contributed by atoms with Gasteiger partial charge in [0.2, 0.25) is 5.88 Å². The molecule has 4 nitrogen and oxygen atoms in total. The van der Waals surface area contributed by atoms with Crippen molar-refractivity contribution in [3.8, 4) is 11.6 Å². The van der Waals surface area contributed by atoms with Crippen molar-refractivity contribution in [1.29, 1.82) is 0 Å². The van der Waals surface area contributed by atoms with Gasteiger partial charge in [0.1, 0.15) is 11.6 Å². The highest BCUT2D eigenvalue weighted by Gasteiger charge is 2.18. The quantitative estimate of drug-likeness (QED) is 0.822. The van der Waals surface area contributed by atoms with Gasteiger partial charge in [-0.15, -0.1) is 0 Å². The molecule has 1 aromatic heterocycles. The molecule has 0 aliphatic rings. The molecule has 1 aromatic carbocycles. The molecule has 1 unspecified atom stereocenters. The van der Waals surface area contributed by atoms with Crippen LogP contribution in [0.5, 0.6) is 11.6 Å². The van der Waals surface area contributed by atoms with E-state index in [0.29, 0.717) is 22.5 Å². The standard InChI is InChI=1S/C14H16BrClFN3O/c1-7(18)4-9-8(2)19-20(3)14(9)21-13-6-12(17)11(16)5-10(13)15/h5-7H,4,18H2,1-3H3. The zero-order valence-electron chi connectivity index (χ0n) is 12.0. The van der Waals surface area contributed by atoms with Crippen molar-refractivity contribution < 1.29 is 9.13 Å². The van der Waals surface area contributed by atoms with Crippen molar-refractivity contribution in [3.05, 3.63) is 38.7 Å². The van der Waals surface area contributed by atoms with Gasteiger partial charge in [0, 0.05) is 24.7 Å². The van der Waals surface area contributed by atoms with Crippen molar-refractivity contribution in [3.63, 3.8) is 0 Å². The van der Waals surface area contributed by atoms with Crippen LogP contribution in [-0.2, 0) is 13.5 Å². The number of aryl methyl sites for hydroxylation is 2. The number of ether oxygens (including phenoxy) is 1. The largest absolute Gasteiger partial charge is 0.438 e. The van der Waals surface area contributed by atoms with Crippen LogP contribution in [0.15, 0.2) is 16.6 Å². The Labute approximate surface area is 136 Å². The van der Waals surface area contributed by atoms with Gasteiger partial charge in [-0.05, 0) is 42.3 Å². The molecule has 0 aliphatic heterocycles. The summed E-state index contributed by atoms with van der Waals surface area (Å²) in [5, 5.41) is 4.36. The summed E-state index contributed by atoms with van der Waals surface area (Å²) >= 11 is 9.04. The number of nitrogens with two attached hydrogens (primary N) is 1. The second kappa shape index (κ2) is 6.34. The van der Waals surface area contributed by atoms with Crippen LogP contribution in [0.3, 0.4) is 0 Å². The molecule has 2 aromatic rings. The molecule has 2 N–H and O–H groups in total. The van der Waals surface area contributed by atoms with Crippen LogP contribution < -0.4 is 10.5 Å². The highest BCUT2D eigenvalue weighted by Crippen LogP contribution is 2.35. The maximum Gasteiger partial charge on any atom is 0.221 e. The van der Waals surface area contributed by atoms with Gasteiger partial charge < -0.3 is 10.5 Å². The lowest BCUT2D eigenvalue weighted by Crippen LogP contribution is -2.18. The van der Waals surface area contributed by atoms with Gasteiger partial charge >= 0.3 is 0 Å². The van der Waals surface area contributed by atoms with E-state index in [0.717, 1.165) is 11.3 Å². The summed E-state index contributed by atoms with van der Waals surface area (Å²) < 4.78 is 21.6. The van der Waals surface area contributed by atoms with Gasteiger partial charge in [-0.25, -0.2) is 9.07 Å².